The standard InChI is InChI=1S/C15H16BrNO3S/c1-3-7-17(13-6-8-21(19,20)10-13)15(18)14-9-12(16)5-4-11(14)2/h1,4-5,9,13H,6-8,10H2,2H3. The molecule has 2 rings (SSSR count). The van der Waals surface area contributed by atoms with Crippen molar-refractivity contribution < 1.29 is 13.2 Å². The molecule has 1 atom stereocenters. The molecule has 1 fully saturated rings. The Morgan fingerprint density at radius 3 is 2.81 bits per heavy atom. The van der Waals surface area contributed by atoms with Gasteiger partial charge in [0, 0.05) is 16.1 Å². The first kappa shape index (κ1) is 16.1. The van der Waals surface area contributed by atoms with Gasteiger partial charge in [0.1, 0.15) is 0 Å². The largest absolute Gasteiger partial charge is 0.323 e. The summed E-state index contributed by atoms with van der Waals surface area (Å²) < 4.78 is 24.1. The van der Waals surface area contributed by atoms with Crippen molar-refractivity contribution in [2.75, 3.05) is 18.1 Å². The predicted molar refractivity (Wildman–Crippen MR) is 85.8 cm³/mol. The molecule has 112 valence electrons. The third kappa shape index (κ3) is 3.66. The van der Waals surface area contributed by atoms with Gasteiger partial charge >= 0.3 is 0 Å². The molecule has 1 amide bonds. The van der Waals surface area contributed by atoms with Gasteiger partial charge < -0.3 is 4.90 Å². The molecule has 0 bridgehead atoms. The van der Waals surface area contributed by atoms with Gasteiger partial charge in [0.15, 0.2) is 9.84 Å². The van der Waals surface area contributed by atoms with E-state index in [9.17, 15) is 13.2 Å². The van der Waals surface area contributed by atoms with Crippen molar-refractivity contribution in [1.82, 2.24) is 4.90 Å². The van der Waals surface area contributed by atoms with Gasteiger partial charge in [0.2, 0.25) is 0 Å². The second-order valence-corrected chi connectivity index (χ2v) is 8.30. The molecule has 21 heavy (non-hydrogen) atoms. The Morgan fingerprint density at radius 1 is 1.52 bits per heavy atom. The third-order valence-electron chi connectivity index (χ3n) is 3.60. The highest BCUT2D eigenvalue weighted by Crippen LogP contribution is 2.23. The van der Waals surface area contributed by atoms with E-state index < -0.39 is 9.84 Å². The zero-order valence-corrected chi connectivity index (χ0v) is 14.1. The average Bonchev–Trinajstić information content (AvgIpc) is 2.78. The Labute approximate surface area is 133 Å². The van der Waals surface area contributed by atoms with Crippen LogP contribution in [0.25, 0.3) is 0 Å². The molecule has 0 spiro atoms. The first-order valence-corrected chi connectivity index (χ1v) is 9.16. The molecule has 0 radical (unpaired) electrons. The molecule has 1 unspecified atom stereocenters. The summed E-state index contributed by atoms with van der Waals surface area (Å²) in [5.41, 5.74) is 1.38. The van der Waals surface area contributed by atoms with Crippen molar-refractivity contribution in [2.24, 2.45) is 0 Å². The Hall–Kier alpha value is -1.32. The van der Waals surface area contributed by atoms with Gasteiger partial charge in [-0.15, -0.1) is 6.42 Å². The Balaban J connectivity index is 2.32. The van der Waals surface area contributed by atoms with Gasteiger partial charge in [-0.1, -0.05) is 27.9 Å². The van der Waals surface area contributed by atoms with E-state index in [0.29, 0.717) is 12.0 Å². The van der Waals surface area contributed by atoms with Crippen molar-refractivity contribution in [1.29, 1.82) is 0 Å². The summed E-state index contributed by atoms with van der Waals surface area (Å²) >= 11 is 3.35. The highest BCUT2D eigenvalue weighted by atomic mass is 79.9. The maximum atomic E-state index is 12.7. The fourth-order valence-electron chi connectivity index (χ4n) is 2.47. The number of rotatable bonds is 3. The van der Waals surface area contributed by atoms with Gasteiger partial charge in [0.05, 0.1) is 18.1 Å². The zero-order valence-electron chi connectivity index (χ0n) is 11.7. The second kappa shape index (κ2) is 6.20. The smallest absolute Gasteiger partial charge is 0.255 e. The second-order valence-electron chi connectivity index (χ2n) is 5.15. The maximum Gasteiger partial charge on any atom is 0.255 e. The number of nitrogens with zero attached hydrogens (tertiary/aromatic N) is 1. The monoisotopic (exact) mass is 369 g/mol. The van der Waals surface area contributed by atoms with Crippen LogP contribution in [0.3, 0.4) is 0 Å². The summed E-state index contributed by atoms with van der Waals surface area (Å²) in [4.78, 5) is 14.2. The van der Waals surface area contributed by atoms with E-state index in [4.69, 9.17) is 6.42 Å². The van der Waals surface area contributed by atoms with Crippen molar-refractivity contribution in [3.63, 3.8) is 0 Å². The Bertz CT molecular complexity index is 706. The SMILES string of the molecule is C#CCN(C(=O)c1cc(Br)ccc1C)C1CCS(=O)(=O)C1. The molecular weight excluding hydrogens is 354 g/mol. The quantitative estimate of drug-likeness (QED) is 0.765. The summed E-state index contributed by atoms with van der Waals surface area (Å²) in [5.74, 6) is 2.35. The lowest BCUT2D eigenvalue weighted by atomic mass is 10.1. The molecule has 1 heterocycles. The van der Waals surface area contributed by atoms with Crippen LogP contribution in [0.2, 0.25) is 0 Å². The number of terminal acetylenes is 1. The predicted octanol–water partition coefficient (Wildman–Crippen LogP) is 2.02. The van der Waals surface area contributed by atoms with Crippen LogP contribution in [0.4, 0.5) is 0 Å². The number of benzene rings is 1. The lowest BCUT2D eigenvalue weighted by molar-refractivity contribution is 0.0723. The number of aryl methyl sites for hydroxylation is 1. The number of amides is 1. The number of carbonyl (C=O) groups is 1. The van der Waals surface area contributed by atoms with Crippen molar-refractivity contribution in [3.05, 3.63) is 33.8 Å². The van der Waals surface area contributed by atoms with Gasteiger partial charge in [-0.3, -0.25) is 4.79 Å². The van der Waals surface area contributed by atoms with E-state index in [-0.39, 0.29) is 30.0 Å². The highest BCUT2D eigenvalue weighted by Gasteiger charge is 2.35. The minimum atomic E-state index is -3.06. The molecule has 0 aliphatic carbocycles. The maximum absolute atomic E-state index is 12.7. The van der Waals surface area contributed by atoms with Crippen LogP contribution in [0.15, 0.2) is 22.7 Å². The summed E-state index contributed by atoms with van der Waals surface area (Å²) in [6, 6.07) is 5.11. The fourth-order valence-corrected chi connectivity index (χ4v) is 4.56. The molecule has 1 saturated heterocycles. The Kier molecular flexibility index (Phi) is 4.74. The van der Waals surface area contributed by atoms with E-state index in [1.165, 1.54) is 4.90 Å². The summed E-state index contributed by atoms with van der Waals surface area (Å²) in [6.45, 7) is 1.96. The molecule has 1 aliphatic heterocycles. The third-order valence-corrected chi connectivity index (χ3v) is 5.85. The van der Waals surface area contributed by atoms with Crippen LogP contribution in [0.5, 0.6) is 0 Å². The van der Waals surface area contributed by atoms with E-state index in [1.807, 2.05) is 19.1 Å². The van der Waals surface area contributed by atoms with Crippen LogP contribution in [-0.4, -0.2) is 43.3 Å². The summed E-state index contributed by atoms with van der Waals surface area (Å²) in [5, 5.41) is 0. The molecular formula is C15H16BrNO3S. The number of sulfone groups is 1. The highest BCUT2D eigenvalue weighted by molar-refractivity contribution is 9.10. The van der Waals surface area contributed by atoms with E-state index >= 15 is 0 Å². The molecule has 6 heteroatoms. The molecule has 0 aromatic heterocycles. The number of hydrogen-bond acceptors (Lipinski definition) is 3. The van der Waals surface area contributed by atoms with Gasteiger partial charge in [-0.2, -0.15) is 0 Å². The number of carbonyl (C=O) groups excluding carboxylic acids is 1. The van der Waals surface area contributed by atoms with Gasteiger partial charge in [0.25, 0.3) is 5.91 Å². The van der Waals surface area contributed by atoms with E-state index in [1.54, 1.807) is 6.07 Å². The first-order chi connectivity index (χ1) is 9.84. The Morgan fingerprint density at radius 2 is 2.24 bits per heavy atom. The minimum Gasteiger partial charge on any atom is -0.323 e. The fraction of sp³-hybridized carbons (Fsp3) is 0.400. The van der Waals surface area contributed by atoms with E-state index in [0.717, 1.165) is 10.0 Å². The van der Waals surface area contributed by atoms with Crippen molar-refractivity contribution in [3.8, 4) is 12.3 Å². The van der Waals surface area contributed by atoms with Crippen molar-refractivity contribution >= 4 is 31.7 Å². The van der Waals surface area contributed by atoms with Crippen LogP contribution in [-0.2, 0) is 9.84 Å². The number of hydrogen-bond donors (Lipinski definition) is 0. The summed E-state index contributed by atoms with van der Waals surface area (Å²) in [7, 11) is -3.06. The van der Waals surface area contributed by atoms with Crippen molar-refractivity contribution in [2.45, 2.75) is 19.4 Å². The molecule has 1 aliphatic rings. The lowest BCUT2D eigenvalue weighted by Crippen LogP contribution is -2.41. The van der Waals surface area contributed by atoms with Crippen LogP contribution >= 0.6 is 15.9 Å². The summed E-state index contributed by atoms with van der Waals surface area (Å²) in [6.07, 6.45) is 5.79. The van der Waals surface area contributed by atoms with Crippen LogP contribution in [0, 0.1) is 19.3 Å². The minimum absolute atomic E-state index is 0.00648. The van der Waals surface area contributed by atoms with Gasteiger partial charge in [-0.25, -0.2) is 8.42 Å². The lowest BCUT2D eigenvalue weighted by Gasteiger charge is -2.27. The molecule has 4 nitrogen and oxygen atoms in total. The zero-order chi connectivity index (χ0) is 15.6. The molecule has 0 saturated carbocycles. The molecule has 0 N–H and O–H groups in total. The molecule has 1 aromatic rings. The van der Waals surface area contributed by atoms with Gasteiger partial charge in [-0.05, 0) is 31.0 Å². The number of halogens is 1. The van der Waals surface area contributed by atoms with Crippen LogP contribution in [0.1, 0.15) is 22.3 Å². The topological polar surface area (TPSA) is 54.5 Å². The average molecular weight is 370 g/mol. The van der Waals surface area contributed by atoms with Crippen LogP contribution < -0.4 is 0 Å². The normalized spacial score (nSPS) is 20.0. The first-order valence-electron chi connectivity index (χ1n) is 6.55. The molecule has 1 aromatic carbocycles. The van der Waals surface area contributed by atoms with E-state index in [2.05, 4.69) is 21.9 Å².